The SMILES string of the molecule is CCc1ccccc1C(O)c1cccc2c1OCC2. The van der Waals surface area contributed by atoms with E-state index < -0.39 is 6.10 Å². The Morgan fingerprint density at radius 1 is 1.11 bits per heavy atom. The first-order valence-electron chi connectivity index (χ1n) is 6.81. The number of fused-ring (bicyclic) bond motifs is 1. The third kappa shape index (κ3) is 2.13. The van der Waals surface area contributed by atoms with Gasteiger partial charge in [0.05, 0.1) is 6.61 Å². The molecule has 1 heterocycles. The van der Waals surface area contributed by atoms with Crippen LogP contribution in [0.2, 0.25) is 0 Å². The maximum absolute atomic E-state index is 10.7. The van der Waals surface area contributed by atoms with Crippen molar-refractivity contribution >= 4 is 0 Å². The Bertz CT molecular complexity index is 590. The van der Waals surface area contributed by atoms with Crippen LogP contribution >= 0.6 is 0 Å². The molecular weight excluding hydrogens is 236 g/mol. The van der Waals surface area contributed by atoms with Gasteiger partial charge in [-0.25, -0.2) is 0 Å². The van der Waals surface area contributed by atoms with Crippen molar-refractivity contribution in [2.45, 2.75) is 25.9 Å². The first kappa shape index (κ1) is 12.2. The lowest BCUT2D eigenvalue weighted by molar-refractivity contribution is 0.212. The van der Waals surface area contributed by atoms with Crippen LogP contribution in [0.5, 0.6) is 5.75 Å². The number of hydrogen-bond donors (Lipinski definition) is 1. The van der Waals surface area contributed by atoms with Crippen LogP contribution in [0.3, 0.4) is 0 Å². The Hall–Kier alpha value is -1.80. The third-order valence-electron chi connectivity index (χ3n) is 3.77. The third-order valence-corrected chi connectivity index (χ3v) is 3.77. The largest absolute Gasteiger partial charge is 0.493 e. The van der Waals surface area contributed by atoms with Gasteiger partial charge in [-0.15, -0.1) is 0 Å². The number of hydrogen-bond acceptors (Lipinski definition) is 2. The van der Waals surface area contributed by atoms with Gasteiger partial charge in [0.15, 0.2) is 0 Å². The van der Waals surface area contributed by atoms with E-state index in [0.717, 1.165) is 29.7 Å². The quantitative estimate of drug-likeness (QED) is 0.911. The lowest BCUT2D eigenvalue weighted by Crippen LogP contribution is -2.05. The fourth-order valence-corrected chi connectivity index (χ4v) is 2.75. The standard InChI is InChI=1S/C17H18O2/c1-2-12-6-3-4-8-14(12)16(18)15-9-5-7-13-10-11-19-17(13)15/h3-9,16,18H,2,10-11H2,1H3. The summed E-state index contributed by atoms with van der Waals surface area (Å²) in [5.41, 5.74) is 4.25. The first-order chi connectivity index (χ1) is 9.31. The molecule has 3 rings (SSSR count). The molecule has 0 fully saturated rings. The van der Waals surface area contributed by atoms with Crippen LogP contribution in [0.15, 0.2) is 42.5 Å². The minimum atomic E-state index is -0.607. The zero-order valence-corrected chi connectivity index (χ0v) is 11.1. The molecule has 2 nitrogen and oxygen atoms in total. The molecule has 0 bridgehead atoms. The normalized spacial score (nSPS) is 14.8. The van der Waals surface area contributed by atoms with Gasteiger partial charge in [0, 0.05) is 12.0 Å². The van der Waals surface area contributed by atoms with E-state index in [1.165, 1.54) is 11.1 Å². The fraction of sp³-hybridized carbons (Fsp3) is 0.294. The van der Waals surface area contributed by atoms with E-state index in [4.69, 9.17) is 4.74 Å². The number of aliphatic hydroxyl groups excluding tert-OH is 1. The Balaban J connectivity index is 2.05. The average Bonchev–Trinajstić information content (AvgIpc) is 2.94. The van der Waals surface area contributed by atoms with Crippen LogP contribution in [0.1, 0.15) is 35.3 Å². The Morgan fingerprint density at radius 2 is 1.89 bits per heavy atom. The predicted octanol–water partition coefficient (Wildman–Crippen LogP) is 3.27. The Labute approximate surface area is 113 Å². The van der Waals surface area contributed by atoms with E-state index >= 15 is 0 Å². The molecule has 2 heteroatoms. The second kappa shape index (κ2) is 5.06. The highest BCUT2D eigenvalue weighted by molar-refractivity contribution is 5.48. The smallest absolute Gasteiger partial charge is 0.128 e. The molecule has 1 N–H and O–H groups in total. The average molecular weight is 254 g/mol. The summed E-state index contributed by atoms with van der Waals surface area (Å²) in [6.45, 7) is 2.83. The van der Waals surface area contributed by atoms with Gasteiger partial charge in [-0.05, 0) is 23.1 Å². The number of para-hydroxylation sites is 1. The second-order valence-corrected chi connectivity index (χ2v) is 4.89. The van der Waals surface area contributed by atoms with E-state index in [2.05, 4.69) is 19.1 Å². The van der Waals surface area contributed by atoms with Gasteiger partial charge in [-0.3, -0.25) is 0 Å². The van der Waals surface area contributed by atoms with Crippen LogP contribution in [0, 0.1) is 0 Å². The molecule has 1 aliphatic heterocycles. The molecule has 0 amide bonds. The van der Waals surface area contributed by atoms with Crippen LogP contribution in [-0.4, -0.2) is 11.7 Å². The van der Waals surface area contributed by atoms with E-state index in [9.17, 15) is 5.11 Å². The molecule has 2 aromatic carbocycles. The monoisotopic (exact) mass is 254 g/mol. The van der Waals surface area contributed by atoms with Crippen molar-refractivity contribution in [3.05, 3.63) is 64.7 Å². The summed E-state index contributed by atoms with van der Waals surface area (Å²) < 4.78 is 5.69. The van der Waals surface area contributed by atoms with Crippen molar-refractivity contribution in [3.8, 4) is 5.75 Å². The summed E-state index contributed by atoms with van der Waals surface area (Å²) in [6, 6.07) is 14.1. The van der Waals surface area contributed by atoms with Crippen molar-refractivity contribution in [2.24, 2.45) is 0 Å². The highest BCUT2D eigenvalue weighted by atomic mass is 16.5. The molecule has 98 valence electrons. The lowest BCUT2D eigenvalue weighted by atomic mass is 9.94. The zero-order chi connectivity index (χ0) is 13.2. The molecule has 1 atom stereocenters. The molecule has 0 saturated carbocycles. The molecule has 0 aromatic heterocycles. The summed E-state index contributed by atoms with van der Waals surface area (Å²) >= 11 is 0. The van der Waals surface area contributed by atoms with Crippen molar-refractivity contribution in [2.75, 3.05) is 6.61 Å². The first-order valence-corrected chi connectivity index (χ1v) is 6.81. The minimum absolute atomic E-state index is 0.607. The lowest BCUT2D eigenvalue weighted by Gasteiger charge is -2.17. The van der Waals surface area contributed by atoms with Gasteiger partial charge < -0.3 is 9.84 Å². The fourth-order valence-electron chi connectivity index (χ4n) is 2.75. The van der Waals surface area contributed by atoms with Crippen LogP contribution < -0.4 is 4.74 Å². The summed E-state index contributed by atoms with van der Waals surface area (Å²) in [4.78, 5) is 0. The number of aliphatic hydroxyl groups is 1. The second-order valence-electron chi connectivity index (χ2n) is 4.89. The molecule has 1 aliphatic rings. The van der Waals surface area contributed by atoms with Crippen LogP contribution in [-0.2, 0) is 12.8 Å². The molecule has 0 spiro atoms. The maximum atomic E-state index is 10.7. The molecule has 0 radical (unpaired) electrons. The molecule has 0 saturated heterocycles. The zero-order valence-electron chi connectivity index (χ0n) is 11.1. The van der Waals surface area contributed by atoms with Gasteiger partial charge in [0.25, 0.3) is 0 Å². The molecule has 2 aromatic rings. The van der Waals surface area contributed by atoms with Crippen molar-refractivity contribution < 1.29 is 9.84 Å². The van der Waals surface area contributed by atoms with Crippen molar-refractivity contribution in [1.82, 2.24) is 0 Å². The van der Waals surface area contributed by atoms with Gasteiger partial charge >= 0.3 is 0 Å². The molecule has 1 unspecified atom stereocenters. The predicted molar refractivity (Wildman–Crippen MR) is 75.5 cm³/mol. The Kier molecular flexibility index (Phi) is 3.26. The number of benzene rings is 2. The highest BCUT2D eigenvalue weighted by Gasteiger charge is 2.22. The summed E-state index contributed by atoms with van der Waals surface area (Å²) in [5, 5.41) is 10.7. The summed E-state index contributed by atoms with van der Waals surface area (Å²) in [7, 11) is 0. The molecular formula is C17H18O2. The van der Waals surface area contributed by atoms with Crippen LogP contribution in [0.25, 0.3) is 0 Å². The van der Waals surface area contributed by atoms with E-state index in [1.807, 2.05) is 30.3 Å². The highest BCUT2D eigenvalue weighted by Crippen LogP contribution is 2.36. The summed E-state index contributed by atoms with van der Waals surface area (Å²) in [5.74, 6) is 0.876. The summed E-state index contributed by atoms with van der Waals surface area (Å²) in [6.07, 6.45) is 1.25. The van der Waals surface area contributed by atoms with E-state index in [0.29, 0.717) is 6.61 Å². The number of aryl methyl sites for hydroxylation is 1. The Morgan fingerprint density at radius 3 is 2.74 bits per heavy atom. The topological polar surface area (TPSA) is 29.5 Å². The minimum Gasteiger partial charge on any atom is -0.493 e. The van der Waals surface area contributed by atoms with Gasteiger partial charge in [-0.1, -0.05) is 49.4 Å². The maximum Gasteiger partial charge on any atom is 0.128 e. The van der Waals surface area contributed by atoms with Gasteiger partial charge in [0.2, 0.25) is 0 Å². The van der Waals surface area contributed by atoms with E-state index in [-0.39, 0.29) is 0 Å². The van der Waals surface area contributed by atoms with Gasteiger partial charge in [-0.2, -0.15) is 0 Å². The molecule has 19 heavy (non-hydrogen) atoms. The number of ether oxygens (including phenoxy) is 1. The number of rotatable bonds is 3. The van der Waals surface area contributed by atoms with Crippen LogP contribution in [0.4, 0.5) is 0 Å². The van der Waals surface area contributed by atoms with Gasteiger partial charge in [0.1, 0.15) is 11.9 Å². The van der Waals surface area contributed by atoms with Crippen molar-refractivity contribution in [1.29, 1.82) is 0 Å². The van der Waals surface area contributed by atoms with E-state index in [1.54, 1.807) is 0 Å². The molecule has 0 aliphatic carbocycles. The van der Waals surface area contributed by atoms with Crippen molar-refractivity contribution in [3.63, 3.8) is 0 Å².